The Hall–Kier alpha value is -2.95. The minimum atomic E-state index is -4.52. The van der Waals surface area contributed by atoms with Crippen molar-refractivity contribution in [2.24, 2.45) is 5.41 Å². The summed E-state index contributed by atoms with van der Waals surface area (Å²) in [5, 5.41) is 3.18. The van der Waals surface area contributed by atoms with Crippen LogP contribution in [0.1, 0.15) is 37.9 Å². The molecular formula is C25H30F4N6O. The summed E-state index contributed by atoms with van der Waals surface area (Å²) in [6.45, 7) is 7.56. The van der Waals surface area contributed by atoms with Crippen LogP contribution < -0.4 is 10.2 Å². The molecule has 5 rings (SSSR count). The molecule has 3 heterocycles. The van der Waals surface area contributed by atoms with Crippen LogP contribution in [-0.2, 0) is 12.7 Å². The van der Waals surface area contributed by atoms with Crippen LogP contribution in [0, 0.1) is 11.2 Å². The minimum absolute atomic E-state index is 0.101. The fourth-order valence-electron chi connectivity index (χ4n) is 6.00. The number of anilines is 1. The van der Waals surface area contributed by atoms with E-state index in [1.165, 1.54) is 12.1 Å². The highest BCUT2D eigenvalue weighted by molar-refractivity contribution is 5.76. The molecule has 2 saturated heterocycles. The van der Waals surface area contributed by atoms with Gasteiger partial charge >= 0.3 is 12.2 Å². The molecule has 2 atom stereocenters. The highest BCUT2D eigenvalue weighted by atomic mass is 19.4. The minimum Gasteiger partial charge on any atom is -0.351 e. The van der Waals surface area contributed by atoms with Crippen molar-refractivity contribution < 1.29 is 22.4 Å². The van der Waals surface area contributed by atoms with E-state index in [4.69, 9.17) is 0 Å². The summed E-state index contributed by atoms with van der Waals surface area (Å²) in [5.74, 6) is 0.146. The molecule has 1 saturated carbocycles. The summed E-state index contributed by atoms with van der Waals surface area (Å²) in [6, 6.07) is 6.37. The second-order valence-electron chi connectivity index (χ2n) is 10.6. The highest BCUT2D eigenvalue weighted by Gasteiger charge is 2.52. The predicted octanol–water partition coefficient (Wildman–Crippen LogP) is 3.91. The van der Waals surface area contributed by atoms with E-state index in [0.717, 1.165) is 50.4 Å². The molecule has 1 N–H and O–H groups in total. The first-order valence-electron chi connectivity index (χ1n) is 12.2. The van der Waals surface area contributed by atoms with E-state index in [0.29, 0.717) is 18.9 Å². The van der Waals surface area contributed by atoms with Crippen LogP contribution in [0.15, 0.2) is 36.7 Å². The molecular weight excluding hydrogens is 476 g/mol. The Morgan fingerprint density at radius 1 is 1.06 bits per heavy atom. The number of likely N-dealkylation sites (tertiary alicyclic amines) is 1. The molecule has 36 heavy (non-hydrogen) atoms. The number of amides is 2. The highest BCUT2D eigenvalue weighted by Crippen LogP contribution is 2.48. The number of hydrogen-bond acceptors (Lipinski definition) is 5. The summed E-state index contributed by atoms with van der Waals surface area (Å²) in [5.41, 5.74) is 0.336. The van der Waals surface area contributed by atoms with Gasteiger partial charge in [-0.05, 0) is 49.8 Å². The van der Waals surface area contributed by atoms with Crippen molar-refractivity contribution in [2.75, 3.05) is 31.1 Å². The molecule has 2 aliphatic heterocycles. The first-order chi connectivity index (χ1) is 17.0. The number of alkyl halides is 3. The number of nitrogens with zero attached hydrogens (tertiary/aromatic N) is 5. The monoisotopic (exact) mass is 506 g/mol. The van der Waals surface area contributed by atoms with Gasteiger partial charge in [-0.1, -0.05) is 12.1 Å². The van der Waals surface area contributed by atoms with Crippen LogP contribution in [0.3, 0.4) is 0 Å². The summed E-state index contributed by atoms with van der Waals surface area (Å²) in [4.78, 5) is 26.6. The zero-order valence-electron chi connectivity index (χ0n) is 20.3. The lowest BCUT2D eigenvalue weighted by Gasteiger charge is -2.59. The molecule has 1 spiro atoms. The Bertz CT molecular complexity index is 1070. The fraction of sp³-hybridized carbons (Fsp3) is 0.560. The average molecular weight is 507 g/mol. The standard InChI is InChI=1S/C25H30F4N6O/c1-16-11-34(22-10-30-21(9-31-22)25(27,28)29)12-17(2)35(16)23(36)32-20-7-24(8-20)14-33(15-24)13-18-3-5-19(26)6-4-18/h3-6,9-10,16-17,20H,7-8,11-15H2,1-2H3,(H,32,36)/t16-,17+. The topological polar surface area (TPSA) is 64.6 Å². The quantitative estimate of drug-likeness (QED) is 0.638. The normalized spacial score (nSPS) is 24.4. The molecule has 3 aliphatic rings. The Balaban J connectivity index is 1.09. The first kappa shape index (κ1) is 24.7. The molecule has 1 aliphatic carbocycles. The van der Waals surface area contributed by atoms with Crippen LogP contribution in [0.25, 0.3) is 0 Å². The van der Waals surface area contributed by atoms with Crippen molar-refractivity contribution in [1.82, 2.24) is 25.1 Å². The number of carbonyl (C=O) groups excluding carboxylic acids is 1. The fourth-order valence-corrected chi connectivity index (χ4v) is 6.00. The van der Waals surface area contributed by atoms with Gasteiger partial charge in [0, 0.05) is 50.8 Å². The van der Waals surface area contributed by atoms with E-state index in [1.54, 1.807) is 0 Å². The molecule has 0 bridgehead atoms. The van der Waals surface area contributed by atoms with Gasteiger partial charge in [-0.25, -0.2) is 19.2 Å². The van der Waals surface area contributed by atoms with Crippen molar-refractivity contribution >= 4 is 11.8 Å². The van der Waals surface area contributed by atoms with Crippen molar-refractivity contribution in [3.8, 4) is 0 Å². The van der Waals surface area contributed by atoms with E-state index < -0.39 is 11.9 Å². The summed E-state index contributed by atoms with van der Waals surface area (Å²) < 4.78 is 51.4. The van der Waals surface area contributed by atoms with E-state index in [-0.39, 0.29) is 35.4 Å². The van der Waals surface area contributed by atoms with Crippen LogP contribution in [0.5, 0.6) is 0 Å². The summed E-state index contributed by atoms with van der Waals surface area (Å²) >= 11 is 0. The number of rotatable bonds is 4. The van der Waals surface area contributed by atoms with Crippen LogP contribution in [0.4, 0.5) is 28.2 Å². The van der Waals surface area contributed by atoms with E-state index >= 15 is 0 Å². The molecule has 2 aromatic rings. The maximum atomic E-state index is 13.1. The van der Waals surface area contributed by atoms with Gasteiger partial charge in [0.25, 0.3) is 0 Å². The number of hydrogen-bond donors (Lipinski definition) is 1. The van der Waals surface area contributed by atoms with Gasteiger partial charge in [-0.3, -0.25) is 4.90 Å². The van der Waals surface area contributed by atoms with Gasteiger partial charge in [0.05, 0.1) is 12.4 Å². The number of nitrogens with one attached hydrogen (secondary N) is 1. The Morgan fingerprint density at radius 2 is 1.69 bits per heavy atom. The van der Waals surface area contributed by atoms with E-state index in [9.17, 15) is 22.4 Å². The molecule has 11 heteroatoms. The third-order valence-electron chi connectivity index (χ3n) is 7.53. The Kier molecular flexibility index (Phi) is 6.30. The van der Waals surface area contributed by atoms with Gasteiger partial charge in [0.2, 0.25) is 0 Å². The number of urea groups is 1. The van der Waals surface area contributed by atoms with Crippen LogP contribution in [-0.4, -0.2) is 70.1 Å². The molecule has 1 aromatic heterocycles. The lowest BCUT2D eigenvalue weighted by Crippen LogP contribution is -2.68. The van der Waals surface area contributed by atoms with Gasteiger partial charge in [-0.2, -0.15) is 13.2 Å². The second kappa shape index (κ2) is 9.17. The molecule has 7 nitrogen and oxygen atoms in total. The number of halogens is 4. The molecule has 1 aromatic carbocycles. The zero-order chi connectivity index (χ0) is 25.7. The number of piperazine rings is 1. The van der Waals surface area contributed by atoms with Gasteiger partial charge in [0.1, 0.15) is 11.6 Å². The predicted molar refractivity (Wildman–Crippen MR) is 126 cm³/mol. The number of aromatic nitrogens is 2. The van der Waals surface area contributed by atoms with Crippen molar-refractivity contribution in [1.29, 1.82) is 0 Å². The largest absolute Gasteiger partial charge is 0.434 e. The van der Waals surface area contributed by atoms with Crippen LogP contribution in [0.2, 0.25) is 0 Å². The summed E-state index contributed by atoms with van der Waals surface area (Å²) in [6.07, 6.45) is -0.740. The maximum Gasteiger partial charge on any atom is 0.434 e. The smallest absolute Gasteiger partial charge is 0.351 e. The molecule has 3 fully saturated rings. The average Bonchev–Trinajstić information content (AvgIpc) is 2.76. The van der Waals surface area contributed by atoms with Gasteiger partial charge in [0.15, 0.2) is 5.69 Å². The lowest BCUT2D eigenvalue weighted by molar-refractivity contribution is -0.141. The number of benzene rings is 1. The lowest BCUT2D eigenvalue weighted by atomic mass is 9.60. The van der Waals surface area contributed by atoms with Crippen molar-refractivity contribution in [3.63, 3.8) is 0 Å². The van der Waals surface area contributed by atoms with Crippen LogP contribution >= 0.6 is 0 Å². The second-order valence-corrected chi connectivity index (χ2v) is 10.6. The summed E-state index contributed by atoms with van der Waals surface area (Å²) in [7, 11) is 0. The van der Waals surface area contributed by atoms with Crippen molar-refractivity contribution in [3.05, 3.63) is 53.7 Å². The van der Waals surface area contributed by atoms with E-state index in [1.807, 2.05) is 35.8 Å². The zero-order valence-corrected chi connectivity index (χ0v) is 20.3. The third kappa shape index (κ3) is 4.98. The number of carbonyl (C=O) groups is 1. The maximum absolute atomic E-state index is 13.1. The van der Waals surface area contributed by atoms with Crippen molar-refractivity contribution in [2.45, 2.75) is 57.5 Å². The molecule has 2 amide bonds. The molecule has 194 valence electrons. The molecule has 0 radical (unpaired) electrons. The first-order valence-corrected chi connectivity index (χ1v) is 12.2. The molecule has 0 unspecified atom stereocenters. The van der Waals surface area contributed by atoms with Gasteiger partial charge in [-0.15, -0.1) is 0 Å². The Morgan fingerprint density at radius 3 is 2.25 bits per heavy atom. The third-order valence-corrected chi connectivity index (χ3v) is 7.53. The van der Waals surface area contributed by atoms with Gasteiger partial charge < -0.3 is 15.1 Å². The Labute approximate surface area is 207 Å². The SMILES string of the molecule is C[C@@H]1CN(c2cnc(C(F)(F)F)cn2)C[C@H](C)N1C(=O)NC1CC2(C1)CN(Cc1ccc(F)cc1)C2. The van der Waals surface area contributed by atoms with E-state index in [2.05, 4.69) is 20.2 Å².